The van der Waals surface area contributed by atoms with Gasteiger partial charge in [-0.15, -0.1) is 0 Å². The first-order valence-electron chi connectivity index (χ1n) is 7.98. The second-order valence-electron chi connectivity index (χ2n) is 5.48. The largest absolute Gasteiger partial charge is 0.445 e. The molecule has 0 saturated carbocycles. The van der Waals surface area contributed by atoms with Crippen molar-refractivity contribution in [2.75, 3.05) is 6.54 Å². The Bertz CT molecular complexity index is 757. The van der Waals surface area contributed by atoms with Crippen LogP contribution in [0.4, 0.5) is 4.79 Å². The summed E-state index contributed by atoms with van der Waals surface area (Å²) in [5.41, 5.74) is 2.37. The van der Waals surface area contributed by atoms with Gasteiger partial charge in [0.2, 0.25) is 0 Å². The third-order valence-electron chi connectivity index (χ3n) is 3.48. The molecular weight excluding hydrogens is 338 g/mol. The van der Waals surface area contributed by atoms with Crippen molar-refractivity contribution in [3.8, 4) is 0 Å². The number of ketones is 1. The molecule has 25 heavy (non-hydrogen) atoms. The molecule has 0 aliphatic carbocycles. The number of ether oxygens (including phenoxy) is 1. The van der Waals surface area contributed by atoms with Crippen LogP contribution in [-0.2, 0) is 11.3 Å². The molecule has 0 fully saturated rings. The lowest BCUT2D eigenvalue weighted by atomic mass is 10.1. The molecule has 1 amide bonds. The molecule has 0 heterocycles. The van der Waals surface area contributed by atoms with Crippen molar-refractivity contribution in [3.63, 3.8) is 0 Å². The van der Waals surface area contributed by atoms with E-state index in [4.69, 9.17) is 16.3 Å². The molecule has 0 aliphatic heterocycles. The Morgan fingerprint density at radius 1 is 1.16 bits per heavy atom. The summed E-state index contributed by atoms with van der Waals surface area (Å²) in [7, 11) is 0. The van der Waals surface area contributed by atoms with Crippen molar-refractivity contribution >= 4 is 29.6 Å². The third kappa shape index (κ3) is 6.43. The molecule has 2 rings (SSSR count). The number of hydrogen-bond donors (Lipinski definition) is 1. The smallest absolute Gasteiger partial charge is 0.407 e. The Kier molecular flexibility index (Phi) is 7.23. The maximum Gasteiger partial charge on any atom is 0.407 e. The monoisotopic (exact) mass is 357 g/mol. The van der Waals surface area contributed by atoms with E-state index in [1.807, 2.05) is 48.6 Å². The average molecular weight is 358 g/mol. The van der Waals surface area contributed by atoms with E-state index in [0.29, 0.717) is 23.6 Å². The van der Waals surface area contributed by atoms with Crippen LogP contribution in [0.3, 0.4) is 0 Å². The van der Waals surface area contributed by atoms with Gasteiger partial charge in [-0.05, 0) is 36.6 Å². The van der Waals surface area contributed by atoms with E-state index in [-0.39, 0.29) is 12.4 Å². The van der Waals surface area contributed by atoms with Crippen molar-refractivity contribution < 1.29 is 14.3 Å². The standard InChI is InChI=1S/C20H20ClNO3/c1-15(23)18-11-10-16(13-19(18)21)7-5-6-12-22-20(24)25-14-17-8-3-2-4-9-17/h2-5,7-11,13H,6,12,14H2,1H3,(H,22,24). The van der Waals surface area contributed by atoms with Crippen molar-refractivity contribution in [1.29, 1.82) is 0 Å². The first-order chi connectivity index (χ1) is 12.1. The maximum absolute atomic E-state index is 11.6. The number of carbonyl (C=O) groups is 2. The fourth-order valence-corrected chi connectivity index (χ4v) is 2.49. The molecule has 2 aromatic rings. The van der Waals surface area contributed by atoms with E-state index in [0.717, 1.165) is 11.1 Å². The summed E-state index contributed by atoms with van der Waals surface area (Å²) in [5, 5.41) is 3.13. The van der Waals surface area contributed by atoms with Gasteiger partial charge in [-0.3, -0.25) is 4.79 Å². The van der Waals surface area contributed by atoms with Gasteiger partial charge >= 0.3 is 6.09 Å². The maximum atomic E-state index is 11.6. The molecule has 4 nitrogen and oxygen atoms in total. The predicted molar refractivity (Wildman–Crippen MR) is 99.7 cm³/mol. The molecule has 5 heteroatoms. The van der Waals surface area contributed by atoms with Gasteiger partial charge in [-0.2, -0.15) is 0 Å². The highest BCUT2D eigenvalue weighted by Crippen LogP contribution is 2.19. The van der Waals surface area contributed by atoms with E-state index in [2.05, 4.69) is 5.32 Å². The Morgan fingerprint density at radius 3 is 2.60 bits per heavy atom. The number of nitrogens with one attached hydrogen (secondary N) is 1. The van der Waals surface area contributed by atoms with Gasteiger partial charge in [-0.1, -0.05) is 60.2 Å². The SMILES string of the molecule is CC(=O)c1ccc(C=CCCNC(=O)OCc2ccccc2)cc1Cl. The zero-order chi connectivity index (χ0) is 18.1. The molecule has 0 unspecified atom stereocenters. The summed E-state index contributed by atoms with van der Waals surface area (Å²) in [6, 6.07) is 14.8. The van der Waals surface area contributed by atoms with Crippen LogP contribution in [0, 0.1) is 0 Å². The zero-order valence-electron chi connectivity index (χ0n) is 14.0. The van der Waals surface area contributed by atoms with Gasteiger partial charge in [0.1, 0.15) is 6.61 Å². The van der Waals surface area contributed by atoms with E-state index in [9.17, 15) is 9.59 Å². The van der Waals surface area contributed by atoms with Crippen LogP contribution in [0.5, 0.6) is 0 Å². The summed E-state index contributed by atoms with van der Waals surface area (Å²) >= 11 is 6.06. The second kappa shape index (κ2) is 9.64. The molecule has 0 saturated heterocycles. The minimum Gasteiger partial charge on any atom is -0.445 e. The quantitative estimate of drug-likeness (QED) is 0.568. The number of amides is 1. The number of rotatable bonds is 7. The summed E-state index contributed by atoms with van der Waals surface area (Å²) in [6.45, 7) is 2.21. The molecule has 0 aliphatic rings. The zero-order valence-corrected chi connectivity index (χ0v) is 14.8. The summed E-state index contributed by atoms with van der Waals surface area (Å²) < 4.78 is 5.12. The summed E-state index contributed by atoms with van der Waals surface area (Å²) in [4.78, 5) is 22.9. The number of halogens is 1. The first kappa shape index (κ1) is 18.7. The molecule has 130 valence electrons. The molecule has 0 aromatic heterocycles. The Balaban J connectivity index is 1.70. The van der Waals surface area contributed by atoms with Gasteiger partial charge in [-0.25, -0.2) is 4.79 Å². The third-order valence-corrected chi connectivity index (χ3v) is 3.79. The Morgan fingerprint density at radius 2 is 1.92 bits per heavy atom. The molecule has 1 N–H and O–H groups in total. The van der Waals surface area contributed by atoms with Gasteiger partial charge < -0.3 is 10.1 Å². The normalized spacial score (nSPS) is 10.6. The number of carbonyl (C=O) groups excluding carboxylic acids is 2. The molecule has 2 aromatic carbocycles. The van der Waals surface area contributed by atoms with Gasteiger partial charge in [0, 0.05) is 12.1 Å². The van der Waals surface area contributed by atoms with Crippen molar-refractivity contribution in [2.45, 2.75) is 20.0 Å². The van der Waals surface area contributed by atoms with Crippen molar-refractivity contribution in [2.24, 2.45) is 0 Å². The van der Waals surface area contributed by atoms with Gasteiger partial charge in [0.25, 0.3) is 0 Å². The van der Waals surface area contributed by atoms with Gasteiger partial charge in [0.15, 0.2) is 5.78 Å². The average Bonchev–Trinajstić information content (AvgIpc) is 2.60. The summed E-state index contributed by atoms with van der Waals surface area (Å²) in [5.74, 6) is -0.0567. The van der Waals surface area contributed by atoms with Crippen LogP contribution in [0.2, 0.25) is 5.02 Å². The van der Waals surface area contributed by atoms with E-state index in [1.54, 1.807) is 12.1 Å². The highest BCUT2D eigenvalue weighted by Gasteiger charge is 2.05. The Hall–Kier alpha value is -2.59. The van der Waals surface area contributed by atoms with E-state index in [1.165, 1.54) is 6.92 Å². The van der Waals surface area contributed by atoms with Gasteiger partial charge in [0.05, 0.1) is 5.02 Å². The lowest BCUT2D eigenvalue weighted by Crippen LogP contribution is -2.24. The lowest BCUT2D eigenvalue weighted by Gasteiger charge is -2.06. The highest BCUT2D eigenvalue weighted by molar-refractivity contribution is 6.34. The Labute approximate surface area is 152 Å². The molecule has 0 radical (unpaired) electrons. The number of alkyl carbamates (subject to hydrolysis) is 1. The second-order valence-corrected chi connectivity index (χ2v) is 5.88. The van der Waals surface area contributed by atoms with Crippen LogP contribution in [0.15, 0.2) is 54.6 Å². The van der Waals surface area contributed by atoms with Crippen LogP contribution >= 0.6 is 11.6 Å². The molecule has 0 spiro atoms. The van der Waals surface area contributed by atoms with Crippen molar-refractivity contribution in [1.82, 2.24) is 5.32 Å². The first-order valence-corrected chi connectivity index (χ1v) is 8.35. The fourth-order valence-electron chi connectivity index (χ4n) is 2.17. The van der Waals surface area contributed by atoms with E-state index < -0.39 is 6.09 Å². The topological polar surface area (TPSA) is 55.4 Å². The van der Waals surface area contributed by atoms with Crippen LogP contribution in [-0.4, -0.2) is 18.4 Å². The molecule has 0 bridgehead atoms. The molecule has 0 atom stereocenters. The van der Waals surface area contributed by atoms with Crippen LogP contribution in [0.1, 0.15) is 34.8 Å². The fraction of sp³-hybridized carbons (Fsp3) is 0.200. The van der Waals surface area contributed by atoms with Crippen LogP contribution in [0.25, 0.3) is 6.08 Å². The minimum atomic E-state index is -0.439. The van der Waals surface area contributed by atoms with E-state index >= 15 is 0 Å². The lowest BCUT2D eigenvalue weighted by molar-refractivity contribution is 0.101. The van der Waals surface area contributed by atoms with Crippen molar-refractivity contribution in [3.05, 3.63) is 76.3 Å². The molecular formula is C20H20ClNO3. The van der Waals surface area contributed by atoms with Crippen LogP contribution < -0.4 is 5.32 Å². The highest BCUT2D eigenvalue weighted by atomic mass is 35.5. The minimum absolute atomic E-state index is 0.0567. The summed E-state index contributed by atoms with van der Waals surface area (Å²) in [6.07, 6.45) is 4.04. The number of Topliss-reactive ketones (excluding diaryl/α,β-unsaturated/α-hetero) is 1. The number of benzene rings is 2. The predicted octanol–water partition coefficient (Wildman–Crippen LogP) is 4.87. The number of hydrogen-bond acceptors (Lipinski definition) is 3.